The monoisotopic (exact) mass is 309 g/mol. The van der Waals surface area contributed by atoms with Gasteiger partial charge in [-0.3, -0.25) is 9.59 Å². The van der Waals surface area contributed by atoms with Crippen LogP contribution in [0.25, 0.3) is 0 Å². The number of ether oxygens (including phenoxy) is 1. The van der Waals surface area contributed by atoms with Crippen molar-refractivity contribution in [3.8, 4) is 5.75 Å². The average Bonchev–Trinajstić information content (AvgIpc) is 2.26. The third-order valence-electron chi connectivity index (χ3n) is 2.10. The molecule has 1 rings (SSSR count). The van der Waals surface area contributed by atoms with Crippen LogP contribution >= 0.6 is 34.8 Å². The first-order valence-electron chi connectivity index (χ1n) is 4.83. The molecule has 0 bridgehead atoms. The van der Waals surface area contributed by atoms with Gasteiger partial charge in [0.15, 0.2) is 5.78 Å². The number of carbonyl (C=O) groups is 2. The molecule has 1 aromatic carbocycles. The number of Topliss-reactive ketones (excluding diaryl/α,β-unsaturated/α-hetero) is 1. The highest BCUT2D eigenvalue weighted by Gasteiger charge is 2.31. The Balaban J connectivity index is 3.17. The van der Waals surface area contributed by atoms with Crippen LogP contribution in [0.2, 0.25) is 0 Å². The van der Waals surface area contributed by atoms with E-state index in [9.17, 15) is 9.59 Å². The summed E-state index contributed by atoms with van der Waals surface area (Å²) in [5.74, 6) is -0.778. The molecule has 0 aliphatic rings. The van der Waals surface area contributed by atoms with Gasteiger partial charge >= 0.3 is 0 Å². The van der Waals surface area contributed by atoms with Crippen LogP contribution in [0, 0.1) is 0 Å². The van der Waals surface area contributed by atoms with Crippen LogP contribution in [0.5, 0.6) is 5.75 Å². The van der Waals surface area contributed by atoms with Crippen LogP contribution in [0.1, 0.15) is 17.3 Å². The number of rotatable bonds is 3. The van der Waals surface area contributed by atoms with Crippen molar-refractivity contribution < 1.29 is 14.3 Å². The van der Waals surface area contributed by atoms with Crippen LogP contribution in [0.4, 0.5) is 5.69 Å². The van der Waals surface area contributed by atoms with E-state index in [1.807, 2.05) is 0 Å². The Hall–Kier alpha value is -0.970. The predicted molar refractivity (Wildman–Crippen MR) is 71.9 cm³/mol. The van der Waals surface area contributed by atoms with Gasteiger partial charge in [-0.25, -0.2) is 0 Å². The van der Waals surface area contributed by atoms with Crippen molar-refractivity contribution in [2.75, 3.05) is 12.4 Å². The fourth-order valence-corrected chi connectivity index (χ4v) is 1.50. The lowest BCUT2D eigenvalue weighted by Gasteiger charge is -2.15. The van der Waals surface area contributed by atoms with E-state index < -0.39 is 9.70 Å². The normalized spacial score (nSPS) is 10.9. The van der Waals surface area contributed by atoms with Gasteiger partial charge in [0.25, 0.3) is 9.70 Å². The predicted octanol–water partition coefficient (Wildman–Crippen LogP) is 3.21. The number of halogens is 3. The lowest BCUT2D eigenvalue weighted by Crippen LogP contribution is -2.27. The molecule has 1 amide bonds. The zero-order valence-corrected chi connectivity index (χ0v) is 11.9. The summed E-state index contributed by atoms with van der Waals surface area (Å²) in [6, 6.07) is 4.73. The second-order valence-electron chi connectivity index (χ2n) is 3.39. The van der Waals surface area contributed by atoms with E-state index in [0.717, 1.165) is 0 Å². The first-order chi connectivity index (χ1) is 8.27. The quantitative estimate of drug-likeness (QED) is 0.689. The number of alkyl halides is 3. The number of nitrogens with one attached hydrogen (secondary N) is 1. The van der Waals surface area contributed by atoms with Crippen LogP contribution in [-0.4, -0.2) is 22.6 Å². The summed E-state index contributed by atoms with van der Waals surface area (Å²) in [7, 11) is 1.42. The molecular formula is C11H10Cl3NO3. The molecule has 0 aromatic heterocycles. The third-order valence-corrected chi connectivity index (χ3v) is 2.62. The standard InChI is InChI=1S/C11H10Cl3NO3/c1-6(16)9-7(4-3-5-8(9)18-2)15-10(17)11(12,13)14/h3-5H,1-2H3,(H,15,17). The van der Waals surface area contributed by atoms with Crippen molar-refractivity contribution in [3.63, 3.8) is 0 Å². The zero-order chi connectivity index (χ0) is 13.9. The molecule has 0 heterocycles. The molecule has 0 aliphatic carbocycles. The molecule has 98 valence electrons. The maximum atomic E-state index is 11.5. The Morgan fingerprint density at radius 3 is 2.33 bits per heavy atom. The molecule has 0 atom stereocenters. The van der Waals surface area contributed by atoms with E-state index in [0.29, 0.717) is 5.75 Å². The first-order valence-corrected chi connectivity index (χ1v) is 5.97. The van der Waals surface area contributed by atoms with Crippen molar-refractivity contribution in [2.24, 2.45) is 0 Å². The van der Waals surface area contributed by atoms with Crippen LogP contribution < -0.4 is 10.1 Å². The minimum Gasteiger partial charge on any atom is -0.496 e. The van der Waals surface area contributed by atoms with Crippen molar-refractivity contribution in [1.82, 2.24) is 0 Å². The fraction of sp³-hybridized carbons (Fsp3) is 0.273. The van der Waals surface area contributed by atoms with Gasteiger partial charge in [-0.15, -0.1) is 0 Å². The molecule has 0 aliphatic heterocycles. The van der Waals surface area contributed by atoms with Crippen molar-refractivity contribution in [2.45, 2.75) is 10.7 Å². The molecule has 0 saturated carbocycles. The van der Waals surface area contributed by atoms with Crippen LogP contribution in [0.3, 0.4) is 0 Å². The van der Waals surface area contributed by atoms with Crippen molar-refractivity contribution in [3.05, 3.63) is 23.8 Å². The van der Waals surface area contributed by atoms with Gasteiger partial charge in [0.2, 0.25) is 0 Å². The Morgan fingerprint density at radius 2 is 1.89 bits per heavy atom. The molecule has 18 heavy (non-hydrogen) atoms. The highest BCUT2D eigenvalue weighted by molar-refractivity contribution is 6.76. The summed E-state index contributed by atoms with van der Waals surface area (Å²) in [6.07, 6.45) is 0. The number of hydrogen-bond acceptors (Lipinski definition) is 3. The van der Waals surface area contributed by atoms with E-state index in [1.165, 1.54) is 20.1 Å². The molecule has 4 nitrogen and oxygen atoms in total. The summed E-state index contributed by atoms with van der Waals surface area (Å²) >= 11 is 16.3. The van der Waals surface area contributed by atoms with Crippen LogP contribution in [0.15, 0.2) is 18.2 Å². The number of benzene rings is 1. The molecule has 0 saturated heterocycles. The van der Waals surface area contributed by atoms with Crippen molar-refractivity contribution >= 4 is 52.2 Å². The minimum absolute atomic E-state index is 0.225. The van der Waals surface area contributed by atoms with E-state index in [2.05, 4.69) is 5.32 Å². The summed E-state index contributed by atoms with van der Waals surface area (Å²) in [5, 5.41) is 2.37. The number of hydrogen-bond donors (Lipinski definition) is 1. The maximum absolute atomic E-state index is 11.5. The van der Waals surface area contributed by atoms with Gasteiger partial charge in [0.1, 0.15) is 5.75 Å². The van der Waals surface area contributed by atoms with E-state index >= 15 is 0 Å². The Morgan fingerprint density at radius 1 is 1.28 bits per heavy atom. The smallest absolute Gasteiger partial charge is 0.276 e. The molecule has 0 unspecified atom stereocenters. The number of anilines is 1. The summed E-state index contributed by atoms with van der Waals surface area (Å²) in [6.45, 7) is 1.35. The lowest BCUT2D eigenvalue weighted by molar-refractivity contribution is -0.115. The molecule has 0 spiro atoms. The Kier molecular flexibility index (Phi) is 4.85. The minimum atomic E-state index is -2.10. The van der Waals surface area contributed by atoms with Crippen molar-refractivity contribution in [1.29, 1.82) is 0 Å². The van der Waals surface area contributed by atoms with Gasteiger partial charge in [0, 0.05) is 0 Å². The number of methoxy groups -OCH3 is 1. The topological polar surface area (TPSA) is 55.4 Å². The second-order valence-corrected chi connectivity index (χ2v) is 5.67. The molecule has 0 radical (unpaired) electrons. The number of ketones is 1. The first kappa shape index (κ1) is 15.1. The van der Waals surface area contributed by atoms with E-state index in [-0.39, 0.29) is 17.0 Å². The van der Waals surface area contributed by atoms with E-state index in [4.69, 9.17) is 39.5 Å². The highest BCUT2D eigenvalue weighted by atomic mass is 35.6. The maximum Gasteiger partial charge on any atom is 0.276 e. The number of carbonyl (C=O) groups excluding carboxylic acids is 2. The molecule has 1 aromatic rings. The Bertz CT molecular complexity index is 483. The van der Waals surface area contributed by atoms with Gasteiger partial charge in [-0.1, -0.05) is 40.9 Å². The molecule has 7 heteroatoms. The summed E-state index contributed by atoms with van der Waals surface area (Å²) in [5.41, 5.74) is 0.459. The largest absolute Gasteiger partial charge is 0.496 e. The van der Waals surface area contributed by atoms with Gasteiger partial charge < -0.3 is 10.1 Å². The van der Waals surface area contributed by atoms with Gasteiger partial charge in [-0.05, 0) is 19.1 Å². The summed E-state index contributed by atoms with van der Waals surface area (Å²) < 4.78 is 2.94. The van der Waals surface area contributed by atoms with Gasteiger partial charge in [-0.2, -0.15) is 0 Å². The summed E-state index contributed by atoms with van der Waals surface area (Å²) in [4.78, 5) is 23.1. The van der Waals surface area contributed by atoms with Gasteiger partial charge in [0.05, 0.1) is 18.4 Å². The van der Waals surface area contributed by atoms with Crippen LogP contribution in [-0.2, 0) is 4.79 Å². The average molecular weight is 311 g/mol. The Labute approximate surface area is 119 Å². The molecular weight excluding hydrogens is 300 g/mol. The third kappa shape index (κ3) is 3.51. The second kappa shape index (κ2) is 5.78. The van der Waals surface area contributed by atoms with E-state index in [1.54, 1.807) is 12.1 Å². The number of amides is 1. The molecule has 1 N–H and O–H groups in total. The highest BCUT2D eigenvalue weighted by Crippen LogP contribution is 2.31. The molecule has 0 fully saturated rings. The zero-order valence-electron chi connectivity index (χ0n) is 9.59. The lowest BCUT2D eigenvalue weighted by atomic mass is 10.1. The SMILES string of the molecule is COc1cccc(NC(=O)C(Cl)(Cl)Cl)c1C(C)=O. The fourth-order valence-electron chi connectivity index (χ4n) is 1.36.